The summed E-state index contributed by atoms with van der Waals surface area (Å²) in [5, 5.41) is 13.7. The number of anilines is 1. The molecule has 0 atom stereocenters. The van der Waals surface area contributed by atoms with Crippen LogP contribution in [-0.2, 0) is 6.54 Å². The van der Waals surface area contributed by atoms with Crippen LogP contribution < -0.4 is 5.32 Å². The zero-order valence-corrected chi connectivity index (χ0v) is 13.7. The minimum atomic E-state index is 0.422. The van der Waals surface area contributed by atoms with E-state index in [0.29, 0.717) is 11.6 Å². The molecular formula is C16H17ClN4S. The van der Waals surface area contributed by atoms with Gasteiger partial charge in [-0.05, 0) is 25.0 Å². The highest BCUT2D eigenvalue weighted by atomic mass is 35.5. The average Bonchev–Trinajstić information content (AvgIpc) is 2.95. The van der Waals surface area contributed by atoms with E-state index in [4.69, 9.17) is 16.9 Å². The Hall–Kier alpha value is -1.61. The molecule has 1 fully saturated rings. The first kappa shape index (κ1) is 15.3. The summed E-state index contributed by atoms with van der Waals surface area (Å²) in [6, 6.07) is 10.3. The standard InChI is InChI=1S/C16H17ClN4S/c17-15-10-19-16(22-15)11-21-7-5-13(6-8-21)20-14-4-2-1-3-12(14)9-18/h1-4,10,13,20H,5-8,11H2. The summed E-state index contributed by atoms with van der Waals surface area (Å²) in [5.41, 5.74) is 1.65. The number of halogens is 1. The van der Waals surface area contributed by atoms with Crippen molar-refractivity contribution in [2.24, 2.45) is 0 Å². The lowest BCUT2D eigenvalue weighted by Crippen LogP contribution is -2.38. The van der Waals surface area contributed by atoms with Gasteiger partial charge in [0.2, 0.25) is 0 Å². The predicted octanol–water partition coefficient (Wildman–Crippen LogP) is 3.74. The van der Waals surface area contributed by atoms with E-state index in [1.54, 1.807) is 17.5 Å². The van der Waals surface area contributed by atoms with E-state index in [2.05, 4.69) is 21.3 Å². The summed E-state index contributed by atoms with van der Waals surface area (Å²) in [5.74, 6) is 0. The highest BCUT2D eigenvalue weighted by Gasteiger charge is 2.20. The van der Waals surface area contributed by atoms with Crippen LogP contribution in [0.1, 0.15) is 23.4 Å². The lowest BCUT2D eigenvalue weighted by molar-refractivity contribution is 0.211. The number of hydrogen-bond donors (Lipinski definition) is 1. The van der Waals surface area contributed by atoms with Crippen molar-refractivity contribution in [3.05, 3.63) is 45.4 Å². The largest absolute Gasteiger partial charge is 0.381 e. The third kappa shape index (κ3) is 3.77. The van der Waals surface area contributed by atoms with Crippen molar-refractivity contribution < 1.29 is 0 Å². The summed E-state index contributed by atoms with van der Waals surface area (Å²) < 4.78 is 0.750. The van der Waals surface area contributed by atoms with Crippen molar-refractivity contribution in [1.82, 2.24) is 9.88 Å². The van der Waals surface area contributed by atoms with Gasteiger partial charge in [-0.25, -0.2) is 4.98 Å². The van der Waals surface area contributed by atoms with Gasteiger partial charge in [0.25, 0.3) is 0 Å². The summed E-state index contributed by atoms with van der Waals surface area (Å²) in [6.07, 6.45) is 3.85. The van der Waals surface area contributed by atoms with Gasteiger partial charge in [-0.3, -0.25) is 4.90 Å². The van der Waals surface area contributed by atoms with Crippen LogP contribution in [0.25, 0.3) is 0 Å². The van der Waals surface area contributed by atoms with Crippen LogP contribution >= 0.6 is 22.9 Å². The smallest absolute Gasteiger partial charge is 0.113 e. The van der Waals surface area contributed by atoms with Gasteiger partial charge in [0, 0.05) is 19.1 Å². The molecule has 1 aliphatic heterocycles. The molecule has 2 aromatic rings. The Morgan fingerprint density at radius 3 is 2.82 bits per heavy atom. The number of rotatable bonds is 4. The second-order valence-corrected chi connectivity index (χ2v) is 7.16. The second kappa shape index (κ2) is 7.10. The molecule has 1 aliphatic rings. The van der Waals surface area contributed by atoms with Crippen LogP contribution in [0.15, 0.2) is 30.5 Å². The van der Waals surface area contributed by atoms with Gasteiger partial charge >= 0.3 is 0 Å². The molecule has 0 aliphatic carbocycles. The Labute approximate surface area is 139 Å². The van der Waals surface area contributed by atoms with Crippen molar-refractivity contribution in [3.8, 4) is 6.07 Å². The molecule has 6 heteroatoms. The van der Waals surface area contributed by atoms with E-state index < -0.39 is 0 Å². The number of hydrogen-bond acceptors (Lipinski definition) is 5. The van der Waals surface area contributed by atoms with E-state index in [9.17, 15) is 0 Å². The molecule has 4 nitrogen and oxygen atoms in total. The van der Waals surface area contributed by atoms with Crippen molar-refractivity contribution >= 4 is 28.6 Å². The number of piperidine rings is 1. The average molecular weight is 333 g/mol. The quantitative estimate of drug-likeness (QED) is 0.926. The molecule has 0 spiro atoms. The van der Waals surface area contributed by atoms with Crippen LogP contribution in [0.3, 0.4) is 0 Å². The third-order valence-corrected chi connectivity index (χ3v) is 4.98. The monoisotopic (exact) mass is 332 g/mol. The van der Waals surface area contributed by atoms with Crippen LogP contribution in [0.5, 0.6) is 0 Å². The third-order valence-electron chi connectivity index (χ3n) is 3.88. The first-order chi connectivity index (χ1) is 10.7. The molecule has 2 heterocycles. The Morgan fingerprint density at radius 1 is 1.36 bits per heavy atom. The van der Waals surface area contributed by atoms with Crippen LogP contribution in [0.4, 0.5) is 5.69 Å². The van der Waals surface area contributed by atoms with E-state index in [1.807, 2.05) is 24.3 Å². The van der Waals surface area contributed by atoms with Crippen molar-refractivity contribution in [2.45, 2.75) is 25.4 Å². The van der Waals surface area contributed by atoms with Crippen LogP contribution in [0, 0.1) is 11.3 Å². The first-order valence-corrected chi connectivity index (χ1v) is 8.52. The zero-order valence-electron chi connectivity index (χ0n) is 12.1. The number of benzene rings is 1. The van der Waals surface area contributed by atoms with Gasteiger partial charge < -0.3 is 5.32 Å². The number of likely N-dealkylation sites (tertiary alicyclic amines) is 1. The van der Waals surface area contributed by atoms with Gasteiger partial charge in [0.05, 0.1) is 24.0 Å². The minimum Gasteiger partial charge on any atom is -0.381 e. The van der Waals surface area contributed by atoms with E-state index in [0.717, 1.165) is 47.5 Å². The maximum absolute atomic E-state index is 9.14. The van der Waals surface area contributed by atoms with E-state index >= 15 is 0 Å². The molecule has 0 radical (unpaired) electrons. The number of aromatic nitrogens is 1. The summed E-state index contributed by atoms with van der Waals surface area (Å²) in [7, 11) is 0. The first-order valence-electron chi connectivity index (χ1n) is 7.33. The van der Waals surface area contributed by atoms with Gasteiger partial charge in [0.1, 0.15) is 15.4 Å². The molecule has 114 valence electrons. The molecule has 1 N–H and O–H groups in total. The SMILES string of the molecule is N#Cc1ccccc1NC1CCN(Cc2ncc(Cl)s2)CC1. The second-order valence-electron chi connectivity index (χ2n) is 5.41. The topological polar surface area (TPSA) is 52.0 Å². The predicted molar refractivity (Wildman–Crippen MR) is 90.2 cm³/mol. The van der Waals surface area contributed by atoms with Crippen molar-refractivity contribution in [1.29, 1.82) is 5.26 Å². The molecule has 3 rings (SSSR count). The molecule has 0 saturated carbocycles. The van der Waals surface area contributed by atoms with Gasteiger partial charge in [0.15, 0.2) is 0 Å². The fraction of sp³-hybridized carbons (Fsp3) is 0.375. The molecule has 0 unspecified atom stereocenters. The molecule has 0 amide bonds. The molecule has 1 saturated heterocycles. The Balaban J connectivity index is 1.52. The lowest BCUT2D eigenvalue weighted by atomic mass is 10.0. The molecule has 22 heavy (non-hydrogen) atoms. The maximum atomic E-state index is 9.14. The number of para-hydroxylation sites is 1. The minimum absolute atomic E-state index is 0.422. The molecule has 1 aromatic carbocycles. The Kier molecular flexibility index (Phi) is 4.94. The Bertz CT molecular complexity index is 671. The summed E-state index contributed by atoms with van der Waals surface area (Å²) in [4.78, 5) is 6.72. The zero-order chi connectivity index (χ0) is 15.4. The summed E-state index contributed by atoms with van der Waals surface area (Å²) >= 11 is 7.47. The highest BCUT2D eigenvalue weighted by Crippen LogP contribution is 2.23. The number of thiazole rings is 1. The molecule has 0 bridgehead atoms. The summed E-state index contributed by atoms with van der Waals surface area (Å²) in [6.45, 7) is 2.94. The fourth-order valence-electron chi connectivity index (χ4n) is 2.71. The van der Waals surface area contributed by atoms with Gasteiger partial charge in [-0.1, -0.05) is 23.7 Å². The molecular weight excluding hydrogens is 316 g/mol. The van der Waals surface area contributed by atoms with E-state index in [-0.39, 0.29) is 0 Å². The van der Waals surface area contributed by atoms with Crippen LogP contribution in [0.2, 0.25) is 4.34 Å². The van der Waals surface area contributed by atoms with Crippen molar-refractivity contribution in [2.75, 3.05) is 18.4 Å². The van der Waals surface area contributed by atoms with Crippen molar-refractivity contribution in [3.63, 3.8) is 0 Å². The normalized spacial score (nSPS) is 16.4. The van der Waals surface area contributed by atoms with Gasteiger partial charge in [-0.2, -0.15) is 5.26 Å². The number of nitriles is 1. The highest BCUT2D eigenvalue weighted by molar-refractivity contribution is 7.15. The Morgan fingerprint density at radius 2 is 2.14 bits per heavy atom. The number of nitrogens with one attached hydrogen (secondary N) is 1. The maximum Gasteiger partial charge on any atom is 0.113 e. The molecule has 1 aromatic heterocycles. The van der Waals surface area contributed by atoms with E-state index in [1.165, 1.54) is 0 Å². The lowest BCUT2D eigenvalue weighted by Gasteiger charge is -2.32. The fourth-order valence-corrected chi connectivity index (χ4v) is 3.71. The van der Waals surface area contributed by atoms with Crippen LogP contribution in [-0.4, -0.2) is 29.0 Å². The number of nitrogens with zero attached hydrogens (tertiary/aromatic N) is 3. The van der Waals surface area contributed by atoms with Gasteiger partial charge in [-0.15, -0.1) is 11.3 Å².